The monoisotopic (exact) mass is 456 g/mol. The Morgan fingerprint density at radius 1 is 0.958 bits per heavy atom. The number of benzene rings is 2. The Morgan fingerprint density at radius 2 is 1.62 bits per heavy atom. The number of aryl methyl sites for hydroxylation is 1. The molecule has 2 aromatic heterocycles. The number of aromatic nitrogens is 2. The van der Waals surface area contributed by atoms with Gasteiger partial charge in [0.1, 0.15) is 0 Å². The van der Waals surface area contributed by atoms with E-state index in [2.05, 4.69) is 27.0 Å². The maximum atomic E-state index is 8.88. The number of hydrogen-bond donors (Lipinski definition) is 2. The van der Waals surface area contributed by atoms with E-state index in [4.69, 9.17) is 14.9 Å². The van der Waals surface area contributed by atoms with E-state index in [1.54, 1.807) is 19.2 Å². The second-order valence-electron chi connectivity index (χ2n) is 5.18. The van der Waals surface area contributed by atoms with Crippen molar-refractivity contribution in [1.82, 2.24) is 7.96 Å². The standard InChI is InChI=1S/C9H9NOSe.C8H7NO2Se/c1-6-3-7-5-10-12-9(7)4-8(6)11-2;10-8(11)5-1-2-6-4-9-12-7(6)3-5/h3-5H,1-2H3;1-4,8,10-11H. The number of fused-ring (bicyclic) bond motifs is 2. The van der Waals surface area contributed by atoms with E-state index in [-0.39, 0.29) is 29.5 Å². The molecule has 24 heavy (non-hydrogen) atoms. The Morgan fingerprint density at radius 3 is 2.29 bits per heavy atom. The molecule has 0 amide bonds. The SMILES string of the molecule is COc1cc2[se]ncc2cc1C.OC(O)c1ccc2cn[se]c2c1. The molecule has 0 spiro atoms. The van der Waals surface area contributed by atoms with Gasteiger partial charge in [-0.05, 0) is 0 Å². The first-order valence-electron chi connectivity index (χ1n) is 7.18. The molecule has 0 bridgehead atoms. The van der Waals surface area contributed by atoms with Crippen LogP contribution in [0.1, 0.15) is 17.4 Å². The fourth-order valence-corrected chi connectivity index (χ4v) is 5.10. The van der Waals surface area contributed by atoms with Crippen LogP contribution in [-0.2, 0) is 0 Å². The zero-order valence-electron chi connectivity index (χ0n) is 13.1. The first-order valence-corrected chi connectivity index (χ1v) is 10.4. The molecule has 4 aromatic rings. The molecule has 7 heteroatoms. The fraction of sp³-hybridized carbons (Fsp3) is 0.176. The van der Waals surface area contributed by atoms with Gasteiger partial charge in [0.05, 0.1) is 0 Å². The normalized spacial score (nSPS) is 10.9. The number of nitrogens with zero attached hydrogens (tertiary/aromatic N) is 2. The van der Waals surface area contributed by atoms with Gasteiger partial charge in [-0.25, -0.2) is 0 Å². The summed E-state index contributed by atoms with van der Waals surface area (Å²) >= 11 is 0.399. The molecule has 2 N–H and O–H groups in total. The van der Waals surface area contributed by atoms with E-state index < -0.39 is 6.29 Å². The van der Waals surface area contributed by atoms with Crippen LogP contribution in [0.2, 0.25) is 0 Å². The number of hydrogen-bond acceptors (Lipinski definition) is 5. The minimum atomic E-state index is -1.37. The van der Waals surface area contributed by atoms with Gasteiger partial charge in [-0.2, -0.15) is 0 Å². The molecule has 0 unspecified atom stereocenters. The van der Waals surface area contributed by atoms with Gasteiger partial charge in [0.15, 0.2) is 0 Å². The fourth-order valence-electron chi connectivity index (χ4n) is 2.27. The third-order valence-electron chi connectivity index (χ3n) is 3.55. The summed E-state index contributed by atoms with van der Waals surface area (Å²) in [4.78, 5) is 0. The maximum absolute atomic E-state index is 8.88. The Labute approximate surface area is 151 Å². The van der Waals surface area contributed by atoms with Crippen LogP contribution in [0.15, 0.2) is 42.7 Å². The summed E-state index contributed by atoms with van der Waals surface area (Å²) in [6.07, 6.45) is 2.40. The summed E-state index contributed by atoms with van der Waals surface area (Å²) in [6, 6.07) is 9.59. The summed E-state index contributed by atoms with van der Waals surface area (Å²) < 4.78 is 16.0. The van der Waals surface area contributed by atoms with Crippen molar-refractivity contribution in [3.8, 4) is 5.75 Å². The summed E-state index contributed by atoms with van der Waals surface area (Å²) in [5, 5.41) is 20.1. The van der Waals surface area contributed by atoms with Gasteiger partial charge >= 0.3 is 152 Å². The van der Waals surface area contributed by atoms with Crippen molar-refractivity contribution in [2.45, 2.75) is 13.2 Å². The zero-order chi connectivity index (χ0) is 17.1. The number of ether oxygens (including phenoxy) is 1. The molecule has 0 fully saturated rings. The topological polar surface area (TPSA) is 75.5 Å². The van der Waals surface area contributed by atoms with Gasteiger partial charge < -0.3 is 0 Å². The van der Waals surface area contributed by atoms with Gasteiger partial charge in [0.2, 0.25) is 0 Å². The zero-order valence-corrected chi connectivity index (χ0v) is 16.6. The molecular formula is C17H16N2O3Se2. The van der Waals surface area contributed by atoms with Crippen molar-refractivity contribution in [3.63, 3.8) is 0 Å². The third-order valence-corrected chi connectivity index (χ3v) is 6.74. The molecule has 0 aliphatic carbocycles. The summed E-state index contributed by atoms with van der Waals surface area (Å²) in [7, 11) is 1.71. The van der Waals surface area contributed by atoms with Crippen LogP contribution in [0.3, 0.4) is 0 Å². The molecule has 124 valence electrons. The molecule has 0 saturated heterocycles. The molecular weight excluding hydrogens is 438 g/mol. The summed E-state index contributed by atoms with van der Waals surface area (Å²) in [6.45, 7) is 2.05. The van der Waals surface area contributed by atoms with Gasteiger partial charge in [0, 0.05) is 0 Å². The summed E-state index contributed by atoms with van der Waals surface area (Å²) in [5.74, 6) is 0.973. The van der Waals surface area contributed by atoms with Crippen molar-refractivity contribution >= 4 is 48.8 Å². The molecule has 0 aliphatic heterocycles. The Kier molecular flexibility index (Phi) is 5.51. The molecule has 0 saturated carbocycles. The van der Waals surface area contributed by atoms with Crippen molar-refractivity contribution in [2.24, 2.45) is 0 Å². The Bertz CT molecular complexity index is 963. The van der Waals surface area contributed by atoms with E-state index >= 15 is 0 Å². The Hall–Kier alpha value is -1.46. The third kappa shape index (κ3) is 3.78. The minimum absolute atomic E-state index is 0.125. The van der Waals surface area contributed by atoms with E-state index in [0.29, 0.717) is 5.56 Å². The van der Waals surface area contributed by atoms with Gasteiger partial charge in [0.25, 0.3) is 0 Å². The number of rotatable bonds is 2. The molecule has 2 aromatic carbocycles. The number of aliphatic hydroxyl groups is 2. The molecule has 4 rings (SSSR count). The molecule has 0 atom stereocenters. The van der Waals surface area contributed by atoms with Gasteiger partial charge in [-0.3, -0.25) is 0 Å². The van der Waals surface area contributed by atoms with Crippen molar-refractivity contribution in [2.75, 3.05) is 7.11 Å². The molecule has 5 nitrogen and oxygen atoms in total. The van der Waals surface area contributed by atoms with Crippen molar-refractivity contribution in [3.05, 3.63) is 53.9 Å². The van der Waals surface area contributed by atoms with Gasteiger partial charge in [-0.1, -0.05) is 0 Å². The van der Waals surface area contributed by atoms with Crippen LogP contribution in [0.5, 0.6) is 5.75 Å². The Balaban J connectivity index is 0.000000141. The predicted octanol–water partition coefficient (Wildman–Crippen LogP) is 1.88. The second kappa shape index (κ2) is 7.62. The van der Waals surface area contributed by atoms with E-state index in [9.17, 15) is 0 Å². The molecule has 0 radical (unpaired) electrons. The second-order valence-corrected chi connectivity index (χ2v) is 8.68. The van der Waals surface area contributed by atoms with Crippen LogP contribution in [0.4, 0.5) is 0 Å². The summed E-state index contributed by atoms with van der Waals surface area (Å²) in [5.41, 5.74) is 1.72. The van der Waals surface area contributed by atoms with E-state index in [1.165, 1.54) is 15.2 Å². The van der Waals surface area contributed by atoms with Gasteiger partial charge in [-0.15, -0.1) is 0 Å². The number of methoxy groups -OCH3 is 1. The van der Waals surface area contributed by atoms with E-state index in [0.717, 1.165) is 15.4 Å². The van der Waals surface area contributed by atoms with Crippen molar-refractivity contribution < 1.29 is 14.9 Å². The predicted molar refractivity (Wildman–Crippen MR) is 95.8 cm³/mol. The first kappa shape index (κ1) is 17.4. The van der Waals surface area contributed by atoms with Crippen LogP contribution in [0.25, 0.3) is 19.3 Å². The van der Waals surface area contributed by atoms with Crippen LogP contribution in [-0.4, -0.2) is 54.7 Å². The molecule has 2 heterocycles. The van der Waals surface area contributed by atoms with E-state index in [1.807, 2.05) is 18.5 Å². The molecule has 0 aliphatic rings. The van der Waals surface area contributed by atoms with Crippen LogP contribution in [0, 0.1) is 6.92 Å². The quantitative estimate of drug-likeness (QED) is 0.358. The average Bonchev–Trinajstić information content (AvgIpc) is 3.22. The van der Waals surface area contributed by atoms with Crippen LogP contribution >= 0.6 is 0 Å². The van der Waals surface area contributed by atoms with Crippen LogP contribution < -0.4 is 4.74 Å². The average molecular weight is 454 g/mol. The first-order chi connectivity index (χ1) is 11.6. The van der Waals surface area contributed by atoms with Crippen molar-refractivity contribution in [1.29, 1.82) is 0 Å². The number of aliphatic hydroxyl groups excluding tert-OH is 1.